The third-order valence-electron chi connectivity index (χ3n) is 5.10. The van der Waals surface area contributed by atoms with Gasteiger partial charge >= 0.3 is 0 Å². The number of nitrogens with two attached hydrogens (primary N) is 1. The Hall–Kier alpha value is -2.66. The minimum Gasteiger partial charge on any atom is -0.292 e. The Balaban J connectivity index is 1.76. The van der Waals surface area contributed by atoms with Gasteiger partial charge in [-0.05, 0) is 36.8 Å². The van der Waals surface area contributed by atoms with Crippen molar-refractivity contribution in [3.63, 3.8) is 0 Å². The van der Waals surface area contributed by atoms with Gasteiger partial charge in [-0.25, -0.2) is 32.0 Å². The Bertz CT molecular complexity index is 1270. The zero-order valence-corrected chi connectivity index (χ0v) is 18.5. The van der Waals surface area contributed by atoms with Crippen LogP contribution in [0.25, 0.3) is 5.69 Å². The minimum atomic E-state index is -4.07. The highest BCUT2D eigenvalue weighted by Crippen LogP contribution is 2.25. The standard InChI is InChI=1S/C21H20ClF2N5O2S/c22-16-5-4-6-17(23)15(16)12-21-26-20(13-28-9-2-1-3-10-28)27-29(21)19-8-7-14(11-18(19)24)32(25,30)31/h1-2,4-8,11H,3,9-10,12-13H2,(H2,25,30,31). The number of sulfonamides is 1. The van der Waals surface area contributed by atoms with Crippen molar-refractivity contribution >= 4 is 21.6 Å². The molecule has 0 aliphatic carbocycles. The van der Waals surface area contributed by atoms with E-state index >= 15 is 0 Å². The molecular formula is C21H20ClF2N5O2S. The molecule has 7 nitrogen and oxygen atoms in total. The average Bonchev–Trinajstić information content (AvgIpc) is 3.12. The van der Waals surface area contributed by atoms with Crippen LogP contribution in [0.2, 0.25) is 5.02 Å². The maximum atomic E-state index is 14.9. The van der Waals surface area contributed by atoms with E-state index in [1.54, 1.807) is 6.07 Å². The number of hydrogen-bond acceptors (Lipinski definition) is 5. The molecule has 168 valence electrons. The molecule has 0 saturated heterocycles. The van der Waals surface area contributed by atoms with Gasteiger partial charge in [-0.1, -0.05) is 29.8 Å². The van der Waals surface area contributed by atoms with Gasteiger partial charge in [0.2, 0.25) is 10.0 Å². The van der Waals surface area contributed by atoms with E-state index in [-0.39, 0.29) is 33.4 Å². The van der Waals surface area contributed by atoms with Crippen molar-refractivity contribution in [2.24, 2.45) is 5.14 Å². The highest BCUT2D eigenvalue weighted by molar-refractivity contribution is 7.89. The van der Waals surface area contributed by atoms with Crippen molar-refractivity contribution in [2.75, 3.05) is 13.1 Å². The molecule has 32 heavy (non-hydrogen) atoms. The van der Waals surface area contributed by atoms with Gasteiger partial charge in [-0.15, -0.1) is 5.10 Å². The predicted molar refractivity (Wildman–Crippen MR) is 116 cm³/mol. The third kappa shape index (κ3) is 4.88. The van der Waals surface area contributed by atoms with Gasteiger partial charge in [0.05, 0.1) is 11.4 Å². The van der Waals surface area contributed by atoms with E-state index in [9.17, 15) is 17.2 Å². The summed E-state index contributed by atoms with van der Waals surface area (Å²) in [6.45, 7) is 1.99. The Labute approximate surface area is 189 Å². The Kier molecular flexibility index (Phi) is 6.38. The Morgan fingerprint density at radius 1 is 1.12 bits per heavy atom. The zero-order chi connectivity index (χ0) is 22.9. The Morgan fingerprint density at radius 2 is 1.94 bits per heavy atom. The second-order valence-corrected chi connectivity index (χ2v) is 9.36. The van der Waals surface area contributed by atoms with E-state index in [4.69, 9.17) is 16.7 Å². The molecule has 2 aromatic carbocycles. The fourth-order valence-corrected chi connectivity index (χ4v) is 4.25. The van der Waals surface area contributed by atoms with Crippen LogP contribution in [-0.2, 0) is 23.0 Å². The largest absolute Gasteiger partial charge is 0.292 e. The normalized spacial score (nSPS) is 14.8. The number of hydrogen-bond donors (Lipinski definition) is 1. The predicted octanol–water partition coefficient (Wildman–Crippen LogP) is 3.20. The lowest BCUT2D eigenvalue weighted by Gasteiger charge is -2.20. The second-order valence-electron chi connectivity index (χ2n) is 7.39. The van der Waals surface area contributed by atoms with E-state index in [0.717, 1.165) is 25.6 Å². The van der Waals surface area contributed by atoms with E-state index in [2.05, 4.69) is 21.1 Å². The molecule has 0 bridgehead atoms. The van der Waals surface area contributed by atoms with Crippen LogP contribution in [0.3, 0.4) is 0 Å². The van der Waals surface area contributed by atoms with Gasteiger partial charge in [0.1, 0.15) is 23.1 Å². The van der Waals surface area contributed by atoms with Gasteiger partial charge in [0.25, 0.3) is 0 Å². The number of halogens is 3. The Morgan fingerprint density at radius 3 is 2.59 bits per heavy atom. The van der Waals surface area contributed by atoms with Crippen molar-refractivity contribution in [1.29, 1.82) is 0 Å². The van der Waals surface area contributed by atoms with Crippen LogP contribution in [0.5, 0.6) is 0 Å². The summed E-state index contributed by atoms with van der Waals surface area (Å²) in [6.07, 6.45) is 5.01. The van der Waals surface area contributed by atoms with Crippen LogP contribution < -0.4 is 5.14 Å². The maximum Gasteiger partial charge on any atom is 0.238 e. The average molecular weight is 480 g/mol. The first kappa shape index (κ1) is 22.5. The summed E-state index contributed by atoms with van der Waals surface area (Å²) in [4.78, 5) is 6.28. The summed E-state index contributed by atoms with van der Waals surface area (Å²) in [7, 11) is -4.07. The lowest BCUT2D eigenvalue weighted by Crippen LogP contribution is -2.27. The van der Waals surface area contributed by atoms with Gasteiger partial charge in [0, 0.05) is 30.1 Å². The quantitative estimate of drug-likeness (QED) is 0.548. The number of nitrogens with zero attached hydrogens (tertiary/aromatic N) is 4. The maximum absolute atomic E-state index is 14.9. The number of rotatable bonds is 6. The lowest BCUT2D eigenvalue weighted by atomic mass is 10.1. The molecule has 2 heterocycles. The fourth-order valence-electron chi connectivity index (χ4n) is 3.50. The first-order valence-corrected chi connectivity index (χ1v) is 11.7. The smallest absolute Gasteiger partial charge is 0.238 e. The molecule has 2 N–H and O–H groups in total. The molecule has 4 rings (SSSR count). The summed E-state index contributed by atoms with van der Waals surface area (Å²) < 4.78 is 53.6. The summed E-state index contributed by atoms with van der Waals surface area (Å²) in [5, 5.41) is 9.74. The van der Waals surface area contributed by atoms with Gasteiger partial charge in [-0.2, -0.15) is 0 Å². The molecule has 3 aromatic rings. The van der Waals surface area contributed by atoms with Crippen LogP contribution in [0.4, 0.5) is 8.78 Å². The first-order valence-electron chi connectivity index (χ1n) is 9.80. The highest BCUT2D eigenvalue weighted by atomic mass is 35.5. The topological polar surface area (TPSA) is 94.1 Å². The lowest BCUT2D eigenvalue weighted by molar-refractivity contribution is 0.283. The number of benzene rings is 2. The molecule has 1 aromatic heterocycles. The van der Waals surface area contributed by atoms with Crippen molar-refractivity contribution in [1.82, 2.24) is 19.7 Å². The van der Waals surface area contributed by atoms with Crippen LogP contribution in [-0.4, -0.2) is 41.2 Å². The van der Waals surface area contributed by atoms with Crippen molar-refractivity contribution < 1.29 is 17.2 Å². The van der Waals surface area contributed by atoms with Crippen LogP contribution >= 0.6 is 11.6 Å². The molecule has 0 fully saturated rings. The van der Waals surface area contributed by atoms with E-state index in [1.165, 1.54) is 28.9 Å². The van der Waals surface area contributed by atoms with Crippen molar-refractivity contribution in [2.45, 2.75) is 24.3 Å². The molecule has 0 unspecified atom stereocenters. The first-order chi connectivity index (χ1) is 15.2. The van der Waals surface area contributed by atoms with E-state index in [0.29, 0.717) is 12.4 Å². The summed E-state index contributed by atoms with van der Waals surface area (Å²) in [6, 6.07) is 7.59. The van der Waals surface area contributed by atoms with Crippen LogP contribution in [0.1, 0.15) is 23.6 Å². The molecule has 0 saturated carbocycles. The molecule has 1 aliphatic rings. The van der Waals surface area contributed by atoms with E-state index in [1.807, 2.05) is 6.08 Å². The molecule has 0 radical (unpaired) electrons. The zero-order valence-electron chi connectivity index (χ0n) is 16.9. The number of primary sulfonamides is 1. The van der Waals surface area contributed by atoms with Crippen LogP contribution in [0.15, 0.2) is 53.4 Å². The van der Waals surface area contributed by atoms with Crippen LogP contribution in [0, 0.1) is 11.6 Å². The molecule has 0 atom stereocenters. The highest BCUT2D eigenvalue weighted by Gasteiger charge is 2.21. The molecule has 1 aliphatic heterocycles. The number of aromatic nitrogens is 3. The summed E-state index contributed by atoms with van der Waals surface area (Å²) in [5.74, 6) is -0.672. The van der Waals surface area contributed by atoms with Gasteiger partial charge in [-0.3, -0.25) is 4.90 Å². The third-order valence-corrected chi connectivity index (χ3v) is 6.36. The second kappa shape index (κ2) is 9.07. The van der Waals surface area contributed by atoms with E-state index < -0.39 is 21.7 Å². The van der Waals surface area contributed by atoms with Crippen molar-refractivity contribution in [3.05, 3.63) is 82.4 Å². The van der Waals surface area contributed by atoms with Gasteiger partial charge in [0.15, 0.2) is 5.82 Å². The van der Waals surface area contributed by atoms with Gasteiger partial charge < -0.3 is 0 Å². The summed E-state index contributed by atoms with van der Waals surface area (Å²) in [5.41, 5.74) is 0.175. The summed E-state index contributed by atoms with van der Waals surface area (Å²) >= 11 is 6.17. The molecule has 0 spiro atoms. The monoisotopic (exact) mass is 479 g/mol. The SMILES string of the molecule is NS(=O)(=O)c1ccc(-n2nc(CN3CC=CCC3)nc2Cc2c(F)cccc2Cl)c(F)c1. The minimum absolute atomic E-state index is 0.0304. The molecular weight excluding hydrogens is 460 g/mol. The fraction of sp³-hybridized carbons (Fsp3) is 0.238. The van der Waals surface area contributed by atoms with Crippen molar-refractivity contribution in [3.8, 4) is 5.69 Å². The molecule has 0 amide bonds. The molecule has 11 heteroatoms.